The molecule has 0 amide bonds. The molecule has 0 atom stereocenters. The fourth-order valence-electron chi connectivity index (χ4n) is 2.59. The van der Waals surface area contributed by atoms with Crippen molar-refractivity contribution in [3.05, 3.63) is 30.9 Å². The zero-order valence-electron chi connectivity index (χ0n) is 15.0. The molecule has 4 rings (SSSR count). The molecule has 9 heteroatoms. The van der Waals surface area contributed by atoms with Crippen LogP contribution in [0.25, 0.3) is 28.4 Å². The summed E-state index contributed by atoms with van der Waals surface area (Å²) < 4.78 is 5.37. The van der Waals surface area contributed by atoms with Gasteiger partial charge in [0, 0.05) is 25.4 Å². The van der Waals surface area contributed by atoms with Crippen molar-refractivity contribution in [1.29, 1.82) is 0 Å². The van der Waals surface area contributed by atoms with Gasteiger partial charge in [0.25, 0.3) is 0 Å². The predicted molar refractivity (Wildman–Crippen MR) is 95.4 cm³/mol. The lowest BCUT2D eigenvalue weighted by Gasteiger charge is -2.04. The molecule has 0 fully saturated rings. The minimum Gasteiger partial charge on any atom is -0.271 e. The zero-order valence-corrected chi connectivity index (χ0v) is 15.0. The summed E-state index contributed by atoms with van der Waals surface area (Å²) in [6, 6.07) is 3.14. The highest BCUT2D eigenvalue weighted by Gasteiger charge is 2.14. The van der Waals surface area contributed by atoms with Crippen molar-refractivity contribution in [2.24, 2.45) is 5.92 Å². The van der Waals surface area contributed by atoms with Gasteiger partial charge in [0.2, 0.25) is 0 Å². The summed E-state index contributed by atoms with van der Waals surface area (Å²) in [5.41, 5.74) is 2.67. The molecule has 26 heavy (non-hydrogen) atoms. The van der Waals surface area contributed by atoms with Gasteiger partial charge in [0.15, 0.2) is 17.0 Å². The van der Waals surface area contributed by atoms with E-state index in [-0.39, 0.29) is 0 Å². The number of hydrogen-bond donors (Lipinski definition) is 0. The van der Waals surface area contributed by atoms with E-state index in [9.17, 15) is 0 Å². The lowest BCUT2D eigenvalue weighted by molar-refractivity contribution is 0.487. The molecule has 133 valence electrons. The maximum atomic E-state index is 4.61. The highest BCUT2D eigenvalue weighted by Crippen LogP contribution is 2.18. The summed E-state index contributed by atoms with van der Waals surface area (Å²) >= 11 is 0. The zero-order chi connectivity index (χ0) is 18.1. The molecular weight excluding hydrogens is 330 g/mol. The van der Waals surface area contributed by atoms with Gasteiger partial charge in [-0.1, -0.05) is 19.1 Å². The molecule has 0 N–H and O–H groups in total. The van der Waals surface area contributed by atoms with Gasteiger partial charge in [0.05, 0.1) is 18.6 Å². The van der Waals surface area contributed by atoms with Crippen molar-refractivity contribution < 1.29 is 0 Å². The van der Waals surface area contributed by atoms with Crippen molar-refractivity contribution in [3.63, 3.8) is 0 Å². The van der Waals surface area contributed by atoms with E-state index in [4.69, 9.17) is 0 Å². The fourth-order valence-corrected chi connectivity index (χ4v) is 2.59. The molecule has 0 aliphatic carbocycles. The van der Waals surface area contributed by atoms with Crippen LogP contribution >= 0.6 is 0 Å². The minimum absolute atomic E-state index is 0.507. The van der Waals surface area contributed by atoms with Crippen molar-refractivity contribution in [2.75, 3.05) is 0 Å². The molecular formula is C17H20N9. The Balaban J connectivity index is 1.68. The van der Waals surface area contributed by atoms with Crippen LogP contribution in [-0.2, 0) is 13.1 Å². The van der Waals surface area contributed by atoms with Crippen LogP contribution in [-0.4, -0.2) is 44.5 Å². The van der Waals surface area contributed by atoms with E-state index in [1.54, 1.807) is 17.1 Å². The van der Waals surface area contributed by atoms with Crippen LogP contribution in [0.2, 0.25) is 0 Å². The Morgan fingerprint density at radius 2 is 2.08 bits per heavy atom. The average molecular weight is 350 g/mol. The Bertz CT molecular complexity index is 1020. The number of aryl methyl sites for hydroxylation is 2. The van der Waals surface area contributed by atoms with Gasteiger partial charge in [0.1, 0.15) is 11.4 Å². The number of rotatable bonds is 6. The Kier molecular flexibility index (Phi) is 4.19. The quantitative estimate of drug-likeness (QED) is 0.529. The van der Waals surface area contributed by atoms with Crippen LogP contribution in [0.5, 0.6) is 0 Å². The Labute approximate surface area is 150 Å². The van der Waals surface area contributed by atoms with Gasteiger partial charge >= 0.3 is 0 Å². The molecule has 0 saturated heterocycles. The molecule has 0 unspecified atom stereocenters. The van der Waals surface area contributed by atoms with E-state index in [0.717, 1.165) is 25.2 Å². The minimum atomic E-state index is 0.507. The summed E-state index contributed by atoms with van der Waals surface area (Å²) in [7, 11) is 0. The summed E-state index contributed by atoms with van der Waals surface area (Å²) in [5.74, 6) is 1.13. The van der Waals surface area contributed by atoms with Crippen LogP contribution in [0.15, 0.2) is 24.8 Å². The summed E-state index contributed by atoms with van der Waals surface area (Å²) in [6.45, 7) is 8.06. The molecule has 4 aromatic heterocycles. The van der Waals surface area contributed by atoms with Crippen LogP contribution in [0.4, 0.5) is 0 Å². The molecule has 0 aliphatic rings. The van der Waals surface area contributed by atoms with E-state index in [2.05, 4.69) is 50.4 Å². The predicted octanol–water partition coefficient (Wildman–Crippen LogP) is 2.14. The third-order valence-electron chi connectivity index (χ3n) is 4.11. The monoisotopic (exact) mass is 350 g/mol. The van der Waals surface area contributed by atoms with Crippen LogP contribution in [0.3, 0.4) is 0 Å². The number of hydrogen-bond acceptors (Lipinski definition) is 6. The fraction of sp³-hybridized carbons (Fsp3) is 0.412. The van der Waals surface area contributed by atoms with Gasteiger partial charge < -0.3 is 0 Å². The van der Waals surface area contributed by atoms with E-state index >= 15 is 0 Å². The van der Waals surface area contributed by atoms with E-state index < -0.39 is 0 Å². The molecule has 0 aliphatic heterocycles. The molecule has 0 bridgehead atoms. The summed E-state index contributed by atoms with van der Waals surface area (Å²) in [5, 5.41) is 17.1. The Morgan fingerprint density at radius 3 is 2.85 bits per heavy atom. The van der Waals surface area contributed by atoms with E-state index in [1.165, 1.54) is 0 Å². The van der Waals surface area contributed by atoms with Crippen LogP contribution in [0, 0.1) is 12.0 Å². The summed E-state index contributed by atoms with van der Waals surface area (Å²) in [6.07, 6.45) is 8.21. The normalized spacial score (nSPS) is 11.7. The number of fused-ring (bicyclic) bond motifs is 1. The second-order valence-corrected chi connectivity index (χ2v) is 6.53. The topological polar surface area (TPSA) is 92.1 Å². The van der Waals surface area contributed by atoms with Gasteiger partial charge in [-0.15, -0.1) is 5.10 Å². The van der Waals surface area contributed by atoms with Crippen molar-refractivity contribution in [3.8, 4) is 17.2 Å². The Morgan fingerprint density at radius 1 is 1.19 bits per heavy atom. The molecule has 0 saturated carbocycles. The van der Waals surface area contributed by atoms with Gasteiger partial charge in [-0.05, 0) is 19.3 Å². The van der Waals surface area contributed by atoms with Crippen molar-refractivity contribution in [1.82, 2.24) is 44.5 Å². The lowest BCUT2D eigenvalue weighted by atomic mass is 10.1. The lowest BCUT2D eigenvalue weighted by Crippen LogP contribution is -2.03. The molecule has 0 spiro atoms. The van der Waals surface area contributed by atoms with Crippen molar-refractivity contribution in [2.45, 2.75) is 40.3 Å². The maximum Gasteiger partial charge on any atom is 0.187 e. The van der Waals surface area contributed by atoms with Gasteiger partial charge in [-0.2, -0.15) is 14.9 Å². The Hall–Kier alpha value is -3.10. The van der Waals surface area contributed by atoms with Crippen molar-refractivity contribution >= 4 is 11.2 Å². The first-order valence-corrected chi connectivity index (χ1v) is 8.71. The van der Waals surface area contributed by atoms with Crippen LogP contribution < -0.4 is 0 Å². The molecule has 1 radical (unpaired) electrons. The average Bonchev–Trinajstić information content (AvgIpc) is 3.37. The SMILES string of the molecule is CCn1cc(-n2nnc3cnc(-c4[c]cn(CCC(C)C)n4)nc32)cn1. The number of aromatic nitrogens is 9. The second-order valence-electron chi connectivity index (χ2n) is 6.53. The first-order chi connectivity index (χ1) is 12.6. The standard InChI is InChI=1S/C17H20N9/c1-4-24-11-13(9-19-24)26-17-15(21-23-26)10-18-16(20-17)14-6-8-25(22-14)7-5-12(2)3/h8-12H,4-5,7H2,1-3H3. The third kappa shape index (κ3) is 3.07. The maximum absolute atomic E-state index is 4.61. The smallest absolute Gasteiger partial charge is 0.187 e. The first-order valence-electron chi connectivity index (χ1n) is 8.71. The van der Waals surface area contributed by atoms with E-state index in [0.29, 0.717) is 28.6 Å². The largest absolute Gasteiger partial charge is 0.271 e. The highest BCUT2D eigenvalue weighted by atomic mass is 15.5. The third-order valence-corrected chi connectivity index (χ3v) is 4.11. The highest BCUT2D eigenvalue weighted by molar-refractivity contribution is 5.72. The van der Waals surface area contributed by atoms with E-state index in [1.807, 2.05) is 28.7 Å². The number of nitrogens with zero attached hydrogens (tertiary/aromatic N) is 9. The molecule has 9 nitrogen and oxygen atoms in total. The molecule has 4 aromatic rings. The molecule has 0 aromatic carbocycles. The summed E-state index contributed by atoms with van der Waals surface area (Å²) in [4.78, 5) is 8.97. The van der Waals surface area contributed by atoms with Gasteiger partial charge in [-0.3, -0.25) is 9.36 Å². The second kappa shape index (κ2) is 6.66. The molecule has 4 heterocycles. The van der Waals surface area contributed by atoms with Gasteiger partial charge in [-0.25, -0.2) is 9.97 Å². The van der Waals surface area contributed by atoms with Crippen LogP contribution in [0.1, 0.15) is 27.2 Å². The first kappa shape index (κ1) is 16.4.